The largest absolute Gasteiger partial charge is 0.364 e. The molecule has 0 atom stereocenters. The van der Waals surface area contributed by atoms with Crippen LogP contribution in [0, 0.1) is 10.1 Å². The van der Waals surface area contributed by atoms with E-state index in [0.717, 1.165) is 9.58 Å². The van der Waals surface area contributed by atoms with Gasteiger partial charge in [0.15, 0.2) is 0 Å². The van der Waals surface area contributed by atoms with Gasteiger partial charge in [-0.05, 0) is 18.6 Å². The van der Waals surface area contributed by atoms with E-state index >= 15 is 0 Å². The lowest BCUT2D eigenvalue weighted by Gasteiger charge is -2.14. The van der Waals surface area contributed by atoms with Crippen molar-refractivity contribution in [3.8, 4) is 0 Å². The molecular formula is C17H17N5O5. The van der Waals surface area contributed by atoms with Crippen molar-refractivity contribution in [3.05, 3.63) is 56.9 Å². The minimum atomic E-state index is -0.987. The molecule has 2 aromatic rings. The molecule has 0 unspecified atom stereocenters. The molecule has 0 saturated heterocycles. The van der Waals surface area contributed by atoms with E-state index in [9.17, 15) is 24.5 Å². The van der Waals surface area contributed by atoms with Gasteiger partial charge in [0.2, 0.25) is 5.69 Å². The predicted octanol–water partition coefficient (Wildman–Crippen LogP) is 1.14. The lowest BCUT2D eigenvalue weighted by molar-refractivity contribution is -0.385. The molecule has 2 heterocycles. The van der Waals surface area contributed by atoms with E-state index in [-0.39, 0.29) is 24.5 Å². The van der Waals surface area contributed by atoms with Gasteiger partial charge in [-0.2, -0.15) is 5.10 Å². The number of amides is 3. The Labute approximate surface area is 153 Å². The van der Waals surface area contributed by atoms with Crippen LogP contribution in [0.3, 0.4) is 0 Å². The fourth-order valence-corrected chi connectivity index (χ4v) is 3.14. The number of aromatic nitrogens is 2. The smallest absolute Gasteiger partial charge is 0.323 e. The molecule has 10 nitrogen and oxygen atoms in total. The van der Waals surface area contributed by atoms with Crippen molar-refractivity contribution in [1.29, 1.82) is 0 Å². The number of benzene rings is 1. The highest BCUT2D eigenvalue weighted by Gasteiger charge is 2.36. The Balaban J connectivity index is 1.90. The molecule has 0 bridgehead atoms. The van der Waals surface area contributed by atoms with Gasteiger partial charge < -0.3 is 5.73 Å². The van der Waals surface area contributed by atoms with Crippen molar-refractivity contribution >= 4 is 23.4 Å². The molecule has 27 heavy (non-hydrogen) atoms. The monoisotopic (exact) mass is 371 g/mol. The Morgan fingerprint density at radius 1 is 1.19 bits per heavy atom. The van der Waals surface area contributed by atoms with Gasteiger partial charge in [0, 0.05) is 6.54 Å². The van der Waals surface area contributed by atoms with Crippen LogP contribution in [-0.4, -0.2) is 43.9 Å². The number of nitrogens with zero attached hydrogens (tertiary/aromatic N) is 4. The summed E-state index contributed by atoms with van der Waals surface area (Å²) in [6.45, 7) is 1.66. The number of carbonyl (C=O) groups is 3. The first-order chi connectivity index (χ1) is 12.9. The van der Waals surface area contributed by atoms with Gasteiger partial charge in [-0.1, -0.05) is 25.5 Å². The molecule has 140 valence electrons. The average Bonchev–Trinajstić information content (AvgIpc) is 3.11. The van der Waals surface area contributed by atoms with Gasteiger partial charge in [-0.15, -0.1) is 0 Å². The SMILES string of the molecule is CCCc1nn(CCN2C(=O)c3ccccc3C2=O)c(C(N)=O)c1[N+](=O)[O-]. The number of aryl methyl sites for hydroxylation is 1. The third-order valence-corrected chi connectivity index (χ3v) is 4.31. The van der Waals surface area contributed by atoms with Crippen molar-refractivity contribution in [3.63, 3.8) is 0 Å². The number of imide groups is 1. The third kappa shape index (κ3) is 3.05. The molecule has 0 aliphatic carbocycles. The van der Waals surface area contributed by atoms with Gasteiger partial charge >= 0.3 is 5.69 Å². The minimum absolute atomic E-state index is 0.0751. The lowest BCUT2D eigenvalue weighted by Crippen LogP contribution is -2.34. The topological polar surface area (TPSA) is 141 Å². The zero-order chi connectivity index (χ0) is 19.7. The van der Waals surface area contributed by atoms with Crippen molar-refractivity contribution in [1.82, 2.24) is 14.7 Å². The maximum Gasteiger partial charge on any atom is 0.323 e. The average molecular weight is 371 g/mol. The summed E-state index contributed by atoms with van der Waals surface area (Å²) in [7, 11) is 0. The molecule has 1 aliphatic heterocycles. The number of nitro groups is 1. The van der Waals surface area contributed by atoms with Crippen LogP contribution in [0.1, 0.15) is 50.2 Å². The van der Waals surface area contributed by atoms with Gasteiger partial charge in [0.1, 0.15) is 5.69 Å². The second-order valence-corrected chi connectivity index (χ2v) is 6.05. The Morgan fingerprint density at radius 3 is 2.26 bits per heavy atom. The van der Waals surface area contributed by atoms with Crippen LogP contribution in [0.5, 0.6) is 0 Å². The zero-order valence-electron chi connectivity index (χ0n) is 14.5. The van der Waals surface area contributed by atoms with E-state index < -0.39 is 28.3 Å². The van der Waals surface area contributed by atoms with E-state index in [1.54, 1.807) is 24.3 Å². The first-order valence-electron chi connectivity index (χ1n) is 8.35. The number of hydrogen-bond acceptors (Lipinski definition) is 6. The highest BCUT2D eigenvalue weighted by molar-refractivity contribution is 6.21. The molecule has 3 rings (SSSR count). The molecule has 10 heteroatoms. The van der Waals surface area contributed by atoms with E-state index in [1.165, 1.54) is 0 Å². The molecule has 2 N–H and O–H groups in total. The summed E-state index contributed by atoms with van der Waals surface area (Å²) in [6, 6.07) is 6.43. The van der Waals surface area contributed by atoms with E-state index in [0.29, 0.717) is 24.0 Å². The number of nitrogens with two attached hydrogens (primary N) is 1. The summed E-state index contributed by atoms with van der Waals surface area (Å²) < 4.78 is 1.11. The summed E-state index contributed by atoms with van der Waals surface area (Å²) >= 11 is 0. The zero-order valence-corrected chi connectivity index (χ0v) is 14.5. The second-order valence-electron chi connectivity index (χ2n) is 6.05. The third-order valence-electron chi connectivity index (χ3n) is 4.31. The summed E-state index contributed by atoms with van der Waals surface area (Å²) in [5, 5.41) is 15.5. The van der Waals surface area contributed by atoms with E-state index in [4.69, 9.17) is 5.73 Å². The molecule has 0 fully saturated rings. The van der Waals surface area contributed by atoms with Crippen molar-refractivity contribution in [2.45, 2.75) is 26.3 Å². The normalized spacial score (nSPS) is 13.1. The van der Waals surface area contributed by atoms with Crippen LogP contribution in [0.15, 0.2) is 24.3 Å². The van der Waals surface area contributed by atoms with Crippen LogP contribution < -0.4 is 5.73 Å². The maximum atomic E-state index is 12.4. The van der Waals surface area contributed by atoms with Crippen LogP contribution >= 0.6 is 0 Å². The maximum absolute atomic E-state index is 12.4. The predicted molar refractivity (Wildman–Crippen MR) is 93.2 cm³/mol. The van der Waals surface area contributed by atoms with Crippen LogP contribution in [0.2, 0.25) is 0 Å². The van der Waals surface area contributed by atoms with Gasteiger partial charge in [0.25, 0.3) is 17.7 Å². The number of carbonyl (C=O) groups excluding carboxylic acids is 3. The first-order valence-corrected chi connectivity index (χ1v) is 8.35. The molecule has 0 spiro atoms. The quantitative estimate of drug-likeness (QED) is 0.439. The summed E-state index contributed by atoms with van der Waals surface area (Å²) in [5.41, 5.74) is 5.32. The Hall–Kier alpha value is -3.56. The highest BCUT2D eigenvalue weighted by atomic mass is 16.6. The van der Waals surface area contributed by atoms with Crippen molar-refractivity contribution in [2.24, 2.45) is 5.73 Å². The van der Waals surface area contributed by atoms with E-state index in [2.05, 4.69) is 5.10 Å². The number of hydrogen-bond donors (Lipinski definition) is 1. The standard InChI is InChI=1S/C17H17N5O5/c1-2-5-12-13(22(26)27)14(15(18)23)21(19-12)9-8-20-16(24)10-6-3-4-7-11(10)17(20)25/h3-4,6-7H,2,5,8-9H2,1H3,(H2,18,23). The number of primary amides is 1. The summed E-state index contributed by atoms with van der Waals surface area (Å²) in [4.78, 5) is 48.3. The summed E-state index contributed by atoms with van der Waals surface area (Å²) in [5.74, 6) is -1.89. The molecular weight excluding hydrogens is 354 g/mol. The molecule has 0 saturated carbocycles. The van der Waals surface area contributed by atoms with Gasteiger partial charge in [-0.3, -0.25) is 34.1 Å². The fourth-order valence-electron chi connectivity index (χ4n) is 3.14. The van der Waals surface area contributed by atoms with Crippen LogP contribution in [0.4, 0.5) is 5.69 Å². The van der Waals surface area contributed by atoms with Crippen molar-refractivity contribution in [2.75, 3.05) is 6.54 Å². The van der Waals surface area contributed by atoms with Gasteiger partial charge in [-0.25, -0.2) is 0 Å². The van der Waals surface area contributed by atoms with Crippen LogP contribution in [0.25, 0.3) is 0 Å². The van der Waals surface area contributed by atoms with Gasteiger partial charge in [0.05, 0.1) is 22.6 Å². The highest BCUT2D eigenvalue weighted by Crippen LogP contribution is 2.26. The number of fused-ring (bicyclic) bond motifs is 1. The molecule has 1 aromatic heterocycles. The summed E-state index contributed by atoms with van der Waals surface area (Å²) in [6.07, 6.45) is 0.894. The van der Waals surface area contributed by atoms with Crippen LogP contribution in [-0.2, 0) is 13.0 Å². The Kier molecular flexibility index (Phi) is 4.72. The lowest BCUT2D eigenvalue weighted by atomic mass is 10.1. The first kappa shape index (κ1) is 18.2. The Bertz CT molecular complexity index is 930. The molecule has 1 aromatic carbocycles. The molecule has 3 amide bonds. The number of rotatable bonds is 7. The minimum Gasteiger partial charge on any atom is -0.364 e. The second kappa shape index (κ2) is 6.98. The molecule has 0 radical (unpaired) electrons. The fraction of sp³-hybridized carbons (Fsp3) is 0.294. The molecule has 1 aliphatic rings. The Morgan fingerprint density at radius 2 is 1.78 bits per heavy atom. The van der Waals surface area contributed by atoms with Crippen molar-refractivity contribution < 1.29 is 19.3 Å². The van der Waals surface area contributed by atoms with E-state index in [1.807, 2.05) is 6.92 Å².